The molecule has 35 heavy (non-hydrogen) atoms. The first-order valence-electron chi connectivity index (χ1n) is 13.6. The third-order valence-corrected chi connectivity index (χ3v) is 6.34. The fourth-order valence-corrected chi connectivity index (χ4v) is 4.67. The Morgan fingerprint density at radius 3 is 2.00 bits per heavy atom. The Balaban J connectivity index is 0.000000949. The van der Waals surface area contributed by atoms with Gasteiger partial charge in [-0.05, 0) is 48.9 Å². The van der Waals surface area contributed by atoms with Crippen molar-refractivity contribution in [3.05, 3.63) is 72.7 Å². The van der Waals surface area contributed by atoms with Crippen molar-refractivity contribution >= 4 is 22.9 Å². The molecule has 1 aliphatic heterocycles. The Morgan fingerprint density at radius 1 is 0.800 bits per heavy atom. The van der Waals surface area contributed by atoms with Crippen LogP contribution in [0.25, 0.3) is 0 Å². The number of para-hydroxylation sites is 2. The molecule has 4 heteroatoms. The van der Waals surface area contributed by atoms with Crippen LogP contribution < -0.4 is 9.80 Å². The topological polar surface area (TPSA) is 32.3 Å². The molecule has 3 aromatic rings. The van der Waals surface area contributed by atoms with Crippen LogP contribution in [0.4, 0.5) is 22.9 Å². The number of aromatic nitrogens is 2. The van der Waals surface area contributed by atoms with Crippen LogP contribution in [0, 0.1) is 0 Å². The molecule has 0 saturated carbocycles. The number of benzene rings is 2. The van der Waals surface area contributed by atoms with Crippen LogP contribution in [0.15, 0.2) is 67.1 Å². The number of hydrogen-bond donors (Lipinski definition) is 0. The first-order valence-corrected chi connectivity index (χ1v) is 13.6. The highest BCUT2D eigenvalue weighted by Crippen LogP contribution is 2.49. The van der Waals surface area contributed by atoms with Crippen molar-refractivity contribution in [3.63, 3.8) is 0 Å². The standard InChI is InChI=1S/C25H30N4.3C2H6/c1-5-16-25(4,6-2)21-14-10-11-15-22(21)29-19(3)28(20-12-8-7-9-13-20)23-17-26-18-27-24(23)29;3*1-2/h7-15,17-19H,5-6,16H2,1-4H3;3*1-2H3. The van der Waals surface area contributed by atoms with Crippen molar-refractivity contribution in [2.24, 2.45) is 0 Å². The zero-order valence-electron chi connectivity index (χ0n) is 23.8. The van der Waals surface area contributed by atoms with Gasteiger partial charge in [-0.1, -0.05) is 105 Å². The first-order chi connectivity index (χ1) is 17.1. The monoisotopic (exact) mass is 476 g/mol. The van der Waals surface area contributed by atoms with Crippen molar-refractivity contribution in [3.8, 4) is 0 Å². The summed E-state index contributed by atoms with van der Waals surface area (Å²) < 4.78 is 0. The van der Waals surface area contributed by atoms with E-state index in [2.05, 4.69) is 97.1 Å². The molecular formula is C31H48N4. The maximum Gasteiger partial charge on any atom is 0.162 e. The Bertz CT molecular complexity index is 972. The predicted molar refractivity (Wildman–Crippen MR) is 155 cm³/mol. The van der Waals surface area contributed by atoms with Crippen LogP contribution in [0.2, 0.25) is 0 Å². The van der Waals surface area contributed by atoms with E-state index in [1.54, 1.807) is 6.33 Å². The van der Waals surface area contributed by atoms with Crippen LogP contribution in [0.1, 0.15) is 94.1 Å². The van der Waals surface area contributed by atoms with E-state index in [0.29, 0.717) is 0 Å². The molecule has 192 valence electrons. The van der Waals surface area contributed by atoms with Gasteiger partial charge >= 0.3 is 0 Å². The van der Waals surface area contributed by atoms with E-state index in [0.717, 1.165) is 23.6 Å². The average Bonchev–Trinajstić information content (AvgIpc) is 3.24. The van der Waals surface area contributed by atoms with Crippen LogP contribution in [-0.2, 0) is 5.41 Å². The van der Waals surface area contributed by atoms with E-state index < -0.39 is 0 Å². The molecule has 0 spiro atoms. The molecule has 0 bridgehead atoms. The Labute approximate surface area is 215 Å². The summed E-state index contributed by atoms with van der Waals surface area (Å²) in [5, 5.41) is 0. The molecule has 2 heterocycles. The number of anilines is 4. The van der Waals surface area contributed by atoms with Gasteiger partial charge in [0, 0.05) is 11.4 Å². The minimum Gasteiger partial charge on any atom is -0.316 e. The fourth-order valence-electron chi connectivity index (χ4n) is 4.67. The van der Waals surface area contributed by atoms with E-state index in [1.165, 1.54) is 24.1 Å². The maximum atomic E-state index is 4.71. The van der Waals surface area contributed by atoms with Crippen molar-refractivity contribution < 1.29 is 0 Å². The van der Waals surface area contributed by atoms with Gasteiger partial charge in [0.05, 0.1) is 6.20 Å². The van der Waals surface area contributed by atoms with Crippen molar-refractivity contribution in [2.75, 3.05) is 9.80 Å². The van der Waals surface area contributed by atoms with E-state index in [4.69, 9.17) is 4.98 Å². The molecule has 2 unspecified atom stereocenters. The summed E-state index contributed by atoms with van der Waals surface area (Å²) in [5.74, 6) is 0.971. The summed E-state index contributed by atoms with van der Waals surface area (Å²) in [6, 6.07) is 19.4. The minimum atomic E-state index is 0.105. The highest BCUT2D eigenvalue weighted by atomic mass is 15.4. The zero-order chi connectivity index (χ0) is 26.4. The van der Waals surface area contributed by atoms with Crippen molar-refractivity contribution in [2.45, 2.75) is 100 Å². The quantitative estimate of drug-likeness (QED) is 0.354. The van der Waals surface area contributed by atoms with Gasteiger partial charge in [0.15, 0.2) is 5.82 Å². The fraction of sp³-hybridized carbons (Fsp3) is 0.484. The number of hydrogen-bond acceptors (Lipinski definition) is 4. The van der Waals surface area contributed by atoms with Crippen molar-refractivity contribution in [1.82, 2.24) is 9.97 Å². The van der Waals surface area contributed by atoms with Gasteiger partial charge in [-0.3, -0.25) is 0 Å². The molecule has 1 aromatic heterocycles. The average molecular weight is 477 g/mol. The largest absolute Gasteiger partial charge is 0.316 e. The highest BCUT2D eigenvalue weighted by Gasteiger charge is 2.39. The third-order valence-electron chi connectivity index (χ3n) is 6.34. The molecule has 0 amide bonds. The lowest BCUT2D eigenvalue weighted by Crippen LogP contribution is -2.37. The van der Waals surface area contributed by atoms with Crippen LogP contribution in [-0.4, -0.2) is 16.1 Å². The number of fused-ring (bicyclic) bond motifs is 1. The van der Waals surface area contributed by atoms with E-state index in [9.17, 15) is 0 Å². The second kappa shape index (κ2) is 15.2. The Morgan fingerprint density at radius 2 is 1.40 bits per heavy atom. The van der Waals surface area contributed by atoms with Gasteiger partial charge in [0.25, 0.3) is 0 Å². The van der Waals surface area contributed by atoms with Crippen LogP contribution in [0.3, 0.4) is 0 Å². The zero-order valence-corrected chi connectivity index (χ0v) is 23.8. The number of nitrogens with zero attached hydrogens (tertiary/aromatic N) is 4. The van der Waals surface area contributed by atoms with Gasteiger partial charge in [0.2, 0.25) is 0 Å². The van der Waals surface area contributed by atoms with E-state index in [1.807, 2.05) is 47.7 Å². The van der Waals surface area contributed by atoms with Crippen LogP contribution in [0.5, 0.6) is 0 Å². The maximum absolute atomic E-state index is 4.71. The van der Waals surface area contributed by atoms with Gasteiger partial charge in [-0.15, -0.1) is 0 Å². The smallest absolute Gasteiger partial charge is 0.162 e. The Hall–Kier alpha value is -2.88. The summed E-state index contributed by atoms with van der Waals surface area (Å²) in [4.78, 5) is 13.7. The molecule has 0 radical (unpaired) electrons. The van der Waals surface area contributed by atoms with Gasteiger partial charge in [-0.25, -0.2) is 9.97 Å². The lowest BCUT2D eigenvalue weighted by Gasteiger charge is -2.36. The van der Waals surface area contributed by atoms with Gasteiger partial charge in [-0.2, -0.15) is 0 Å². The summed E-state index contributed by atoms with van der Waals surface area (Å²) in [5.41, 5.74) is 4.99. The highest BCUT2D eigenvalue weighted by molar-refractivity contribution is 5.86. The molecule has 2 atom stereocenters. The first kappa shape index (κ1) is 30.2. The molecular weight excluding hydrogens is 428 g/mol. The molecule has 0 fully saturated rings. The Kier molecular flexibility index (Phi) is 13.1. The molecule has 0 saturated heterocycles. The SMILES string of the molecule is CC.CC.CC.CCCC(C)(CC)c1ccccc1N1c2ncncc2N(c2ccccc2)C1C. The normalized spacial score (nSPS) is 15.3. The van der Waals surface area contributed by atoms with Gasteiger partial charge in [0.1, 0.15) is 18.2 Å². The summed E-state index contributed by atoms with van der Waals surface area (Å²) >= 11 is 0. The molecule has 1 aliphatic rings. The third kappa shape index (κ3) is 6.42. The van der Waals surface area contributed by atoms with E-state index in [-0.39, 0.29) is 11.6 Å². The predicted octanol–water partition coefficient (Wildman–Crippen LogP) is 9.66. The second-order valence-electron chi connectivity index (χ2n) is 8.12. The lowest BCUT2D eigenvalue weighted by molar-refractivity contribution is 0.414. The minimum absolute atomic E-state index is 0.105. The summed E-state index contributed by atoms with van der Waals surface area (Å²) in [7, 11) is 0. The molecule has 4 nitrogen and oxygen atoms in total. The number of rotatable bonds is 6. The lowest BCUT2D eigenvalue weighted by atomic mass is 9.75. The molecule has 2 aromatic carbocycles. The van der Waals surface area contributed by atoms with Crippen LogP contribution >= 0.6 is 0 Å². The summed E-state index contributed by atoms with van der Waals surface area (Å²) in [6.07, 6.45) is 7.14. The molecule has 0 aliphatic carbocycles. The summed E-state index contributed by atoms with van der Waals surface area (Å²) in [6.45, 7) is 21.2. The molecule has 4 rings (SSSR count). The second-order valence-corrected chi connectivity index (χ2v) is 8.12. The van der Waals surface area contributed by atoms with Gasteiger partial charge < -0.3 is 9.80 Å². The van der Waals surface area contributed by atoms with Crippen molar-refractivity contribution in [1.29, 1.82) is 0 Å². The molecule has 0 N–H and O–H groups in total. The van der Waals surface area contributed by atoms with E-state index >= 15 is 0 Å².